The van der Waals surface area contributed by atoms with E-state index >= 15 is 0 Å². The number of ether oxygens (including phenoxy) is 2. The predicted octanol–water partition coefficient (Wildman–Crippen LogP) is 6.34. The Bertz CT molecular complexity index is 1450. The highest BCUT2D eigenvalue weighted by atomic mass is 17.1. The molecule has 8 nitrogen and oxygen atoms in total. The molecule has 0 saturated carbocycles. The number of hydrogen-bond acceptors (Lipinski definition) is 7. The van der Waals surface area contributed by atoms with Gasteiger partial charge in [0, 0.05) is 19.4 Å². The maximum absolute atomic E-state index is 13.1. The molecule has 0 atom stereocenters. The summed E-state index contributed by atoms with van der Waals surface area (Å²) in [4.78, 5) is 37.5. The quantitative estimate of drug-likeness (QED) is 0.0950. The van der Waals surface area contributed by atoms with E-state index in [2.05, 4.69) is 4.89 Å². The van der Waals surface area contributed by atoms with Gasteiger partial charge in [0.25, 0.3) is 0 Å². The van der Waals surface area contributed by atoms with Crippen LogP contribution in [0.4, 0.5) is 0 Å². The Morgan fingerprint density at radius 1 is 0.732 bits per heavy atom. The fourth-order valence-corrected chi connectivity index (χ4v) is 4.31. The molecule has 0 spiro atoms. The van der Waals surface area contributed by atoms with Crippen LogP contribution < -0.4 is 4.74 Å². The molecule has 0 unspecified atom stereocenters. The highest BCUT2D eigenvalue weighted by Crippen LogP contribution is 2.28. The summed E-state index contributed by atoms with van der Waals surface area (Å²) < 4.78 is 11.6. The second-order valence-electron chi connectivity index (χ2n) is 9.62. The molecule has 0 aliphatic rings. The van der Waals surface area contributed by atoms with Gasteiger partial charge in [-0.1, -0.05) is 72.8 Å². The minimum Gasteiger partial charge on any atom is -0.478 e. The molecule has 4 aromatic carbocycles. The Kier molecular flexibility index (Phi) is 10.9. The van der Waals surface area contributed by atoms with E-state index in [-0.39, 0.29) is 17.7 Å². The molecular formula is C33H32O8. The van der Waals surface area contributed by atoms with Crippen molar-refractivity contribution in [1.82, 2.24) is 0 Å². The Hall–Kier alpha value is -4.79. The lowest BCUT2D eigenvalue weighted by molar-refractivity contribution is -0.253. The number of aromatic carboxylic acids is 1. The predicted molar refractivity (Wildman–Crippen MR) is 153 cm³/mol. The van der Waals surface area contributed by atoms with Gasteiger partial charge in [-0.25, -0.2) is 14.5 Å². The van der Waals surface area contributed by atoms with Crippen LogP contribution in [-0.4, -0.2) is 34.9 Å². The van der Waals surface area contributed by atoms with Crippen molar-refractivity contribution in [3.63, 3.8) is 0 Å². The highest BCUT2D eigenvalue weighted by Gasteiger charge is 2.29. The number of carbonyl (C=O) groups excluding carboxylic acids is 2. The van der Waals surface area contributed by atoms with Gasteiger partial charge in [-0.05, 0) is 59.4 Å². The van der Waals surface area contributed by atoms with Crippen molar-refractivity contribution < 1.29 is 39.1 Å². The van der Waals surface area contributed by atoms with Crippen LogP contribution in [0.3, 0.4) is 0 Å². The Labute approximate surface area is 238 Å². The summed E-state index contributed by atoms with van der Waals surface area (Å²) in [6.45, 7) is 4.97. The number of esters is 1. The van der Waals surface area contributed by atoms with Crippen molar-refractivity contribution in [2.45, 2.75) is 39.1 Å². The van der Waals surface area contributed by atoms with Crippen molar-refractivity contribution >= 4 is 18.7 Å². The molecule has 8 heteroatoms. The van der Waals surface area contributed by atoms with E-state index in [1.54, 1.807) is 26.0 Å². The minimum atomic E-state index is -1.46. The van der Waals surface area contributed by atoms with Crippen molar-refractivity contribution in [2.24, 2.45) is 0 Å². The van der Waals surface area contributed by atoms with Crippen LogP contribution in [0.2, 0.25) is 0 Å². The van der Waals surface area contributed by atoms with E-state index in [1.807, 2.05) is 79.6 Å². The maximum atomic E-state index is 13.1. The van der Waals surface area contributed by atoms with Gasteiger partial charge >= 0.3 is 11.9 Å². The van der Waals surface area contributed by atoms with E-state index in [9.17, 15) is 14.7 Å². The Balaban J connectivity index is 0.00000226. The second-order valence-corrected chi connectivity index (χ2v) is 9.62. The molecule has 0 aliphatic heterocycles. The second kappa shape index (κ2) is 14.6. The molecule has 0 aliphatic carbocycles. The molecule has 0 aromatic heterocycles. The number of hydrogen-bond donors (Lipinski definition) is 2. The van der Waals surface area contributed by atoms with Gasteiger partial charge in [0.05, 0.1) is 11.1 Å². The van der Waals surface area contributed by atoms with E-state index in [1.165, 1.54) is 12.1 Å². The lowest BCUT2D eigenvalue weighted by Gasteiger charge is -2.28. The molecule has 0 amide bonds. The molecule has 0 bridgehead atoms. The molecular weight excluding hydrogens is 524 g/mol. The van der Waals surface area contributed by atoms with Crippen LogP contribution in [-0.2, 0) is 33.9 Å². The van der Waals surface area contributed by atoms with Gasteiger partial charge < -0.3 is 19.4 Å². The average Bonchev–Trinajstić information content (AvgIpc) is 2.96. The third-order valence-electron chi connectivity index (χ3n) is 6.08. The van der Waals surface area contributed by atoms with Gasteiger partial charge in [-0.15, -0.1) is 0 Å². The van der Waals surface area contributed by atoms with Crippen LogP contribution >= 0.6 is 0 Å². The van der Waals surface area contributed by atoms with Crippen molar-refractivity contribution in [2.75, 3.05) is 0 Å². The van der Waals surface area contributed by atoms with Gasteiger partial charge in [-0.2, -0.15) is 0 Å². The standard InChI is InChI=1S/C32H30O7.CH2O/c1-32(2,38-29-16-14-24(19-26(29)21-37-36)17-22-9-5-3-6-10-22)39-31(35)27-15-13-25(20-28(27)30(33)34)18-23-11-7-4-8-12-23;1-2/h3-16,19-20,36H,17-18,21H2,1-2H3,(H,33,34);1H2. The lowest BCUT2D eigenvalue weighted by Crippen LogP contribution is -2.35. The number of benzene rings is 4. The molecule has 2 N–H and O–H groups in total. The molecule has 4 rings (SSSR count). The third-order valence-corrected chi connectivity index (χ3v) is 6.08. The monoisotopic (exact) mass is 556 g/mol. The van der Waals surface area contributed by atoms with E-state index < -0.39 is 17.7 Å². The first kappa shape index (κ1) is 30.7. The van der Waals surface area contributed by atoms with E-state index in [0.717, 1.165) is 22.3 Å². The summed E-state index contributed by atoms with van der Waals surface area (Å²) in [6.07, 6.45) is 1.21. The molecule has 0 radical (unpaired) electrons. The summed E-state index contributed by atoms with van der Waals surface area (Å²) in [5.41, 5.74) is 4.23. The van der Waals surface area contributed by atoms with E-state index in [4.69, 9.17) is 19.5 Å². The topological polar surface area (TPSA) is 119 Å². The zero-order valence-corrected chi connectivity index (χ0v) is 22.9. The Morgan fingerprint density at radius 3 is 1.80 bits per heavy atom. The van der Waals surface area contributed by atoms with Crippen LogP contribution in [0.5, 0.6) is 5.75 Å². The fraction of sp³-hybridized carbons (Fsp3) is 0.182. The summed E-state index contributed by atoms with van der Waals surface area (Å²) in [5, 5.41) is 18.9. The van der Waals surface area contributed by atoms with Gasteiger partial charge in [0.1, 0.15) is 19.1 Å². The highest BCUT2D eigenvalue weighted by molar-refractivity contribution is 6.02. The smallest absolute Gasteiger partial charge is 0.342 e. The summed E-state index contributed by atoms with van der Waals surface area (Å²) >= 11 is 0. The van der Waals surface area contributed by atoms with Gasteiger partial charge in [-0.3, -0.25) is 5.26 Å². The maximum Gasteiger partial charge on any atom is 0.342 e. The zero-order chi connectivity index (χ0) is 29.8. The van der Waals surface area contributed by atoms with Crippen molar-refractivity contribution in [3.05, 3.63) is 136 Å². The van der Waals surface area contributed by atoms with Crippen LogP contribution in [0.1, 0.15) is 62.4 Å². The number of carboxylic acid groups (broad SMARTS) is 1. The third kappa shape index (κ3) is 8.86. The minimum absolute atomic E-state index is 0.0758. The molecule has 212 valence electrons. The van der Waals surface area contributed by atoms with Crippen LogP contribution in [0, 0.1) is 0 Å². The average molecular weight is 557 g/mol. The summed E-state index contributed by atoms with van der Waals surface area (Å²) in [5.74, 6) is -3.16. The first-order chi connectivity index (χ1) is 19.7. The summed E-state index contributed by atoms with van der Waals surface area (Å²) in [7, 11) is 0. The largest absolute Gasteiger partial charge is 0.478 e. The fourth-order valence-electron chi connectivity index (χ4n) is 4.31. The van der Waals surface area contributed by atoms with Crippen molar-refractivity contribution in [1.29, 1.82) is 0 Å². The van der Waals surface area contributed by atoms with E-state index in [0.29, 0.717) is 24.2 Å². The summed E-state index contributed by atoms with van der Waals surface area (Å²) in [6, 6.07) is 29.7. The molecule has 41 heavy (non-hydrogen) atoms. The zero-order valence-electron chi connectivity index (χ0n) is 22.9. The Morgan fingerprint density at radius 2 is 1.27 bits per heavy atom. The van der Waals surface area contributed by atoms with Crippen molar-refractivity contribution in [3.8, 4) is 5.75 Å². The van der Waals surface area contributed by atoms with Crippen LogP contribution in [0.25, 0.3) is 0 Å². The normalized spacial score (nSPS) is 10.7. The molecule has 4 aromatic rings. The first-order valence-electron chi connectivity index (χ1n) is 12.8. The SMILES string of the molecule is C=O.CC(C)(OC(=O)c1ccc(Cc2ccccc2)cc1C(=O)O)Oc1ccc(Cc2ccccc2)cc1COO. The molecule has 0 saturated heterocycles. The van der Waals surface area contributed by atoms with Crippen LogP contribution in [0.15, 0.2) is 97.1 Å². The lowest BCUT2D eigenvalue weighted by atomic mass is 9.99. The number of carboxylic acids is 1. The molecule has 0 fully saturated rings. The van der Waals surface area contributed by atoms with Gasteiger partial charge in [0.2, 0.25) is 5.79 Å². The first-order valence-corrected chi connectivity index (χ1v) is 12.8. The molecule has 0 heterocycles. The van der Waals surface area contributed by atoms with Gasteiger partial charge in [0.15, 0.2) is 0 Å². The number of rotatable bonds is 11. The number of carbonyl (C=O) groups is 3.